The number of aryl methyl sites for hydroxylation is 2. The molecule has 1 aliphatic heterocycles. The van der Waals surface area contributed by atoms with Crippen molar-refractivity contribution in [2.75, 3.05) is 12.0 Å². The molecule has 162 valence electrons. The number of benzene rings is 3. The predicted molar refractivity (Wildman–Crippen MR) is 136 cm³/mol. The summed E-state index contributed by atoms with van der Waals surface area (Å²) in [4.78, 5) is 20.3. The van der Waals surface area contributed by atoms with E-state index in [0.29, 0.717) is 31.5 Å². The molecule has 0 spiro atoms. The van der Waals surface area contributed by atoms with Gasteiger partial charge in [-0.05, 0) is 84.8 Å². The van der Waals surface area contributed by atoms with Crippen LogP contribution < -0.4 is 9.64 Å². The van der Waals surface area contributed by atoms with Gasteiger partial charge in [0.25, 0.3) is 5.91 Å². The molecule has 4 nitrogen and oxygen atoms in total. The number of anilines is 1. The molecule has 7 heteroatoms. The molecule has 3 aromatic carbocycles. The molecule has 0 unspecified atom stereocenters. The third kappa shape index (κ3) is 4.70. The van der Waals surface area contributed by atoms with E-state index in [1.165, 1.54) is 11.8 Å². The average molecular weight is 483 g/mol. The number of amides is 1. The fourth-order valence-corrected chi connectivity index (χ4v) is 4.49. The van der Waals surface area contributed by atoms with Crippen LogP contribution in [-0.2, 0) is 4.79 Å². The minimum absolute atomic E-state index is 0.172. The van der Waals surface area contributed by atoms with Gasteiger partial charge >= 0.3 is 0 Å². The number of halogens is 2. The molecule has 0 radical (unpaired) electrons. The van der Waals surface area contributed by atoms with Gasteiger partial charge < -0.3 is 4.74 Å². The zero-order valence-corrected chi connectivity index (χ0v) is 20.1. The molecule has 4 rings (SSSR count). The van der Waals surface area contributed by atoms with Crippen molar-refractivity contribution in [1.29, 1.82) is 0 Å². The predicted octanol–water partition coefficient (Wildman–Crippen LogP) is 7.43. The van der Waals surface area contributed by atoms with Gasteiger partial charge in [0.15, 0.2) is 5.17 Å². The second kappa shape index (κ2) is 9.41. The number of hydrogen-bond acceptors (Lipinski definition) is 4. The molecule has 1 saturated heterocycles. The number of nitrogens with zero attached hydrogens (tertiary/aromatic N) is 2. The lowest BCUT2D eigenvalue weighted by Gasteiger charge is -2.16. The van der Waals surface area contributed by atoms with Gasteiger partial charge in [0.1, 0.15) is 5.75 Å². The van der Waals surface area contributed by atoms with E-state index < -0.39 is 0 Å². The Labute approximate surface area is 201 Å². The Morgan fingerprint density at radius 3 is 2.38 bits per heavy atom. The summed E-state index contributed by atoms with van der Waals surface area (Å²) in [6.45, 7) is 3.85. The zero-order valence-electron chi connectivity index (χ0n) is 17.7. The van der Waals surface area contributed by atoms with Crippen molar-refractivity contribution < 1.29 is 9.53 Å². The highest BCUT2D eigenvalue weighted by Gasteiger charge is 2.35. The molecule has 1 aliphatic rings. The van der Waals surface area contributed by atoms with Crippen molar-refractivity contribution in [3.05, 3.63) is 92.3 Å². The summed E-state index contributed by atoms with van der Waals surface area (Å²) < 4.78 is 5.30. The number of rotatable bonds is 4. The van der Waals surface area contributed by atoms with Gasteiger partial charge in [-0.25, -0.2) is 4.99 Å². The normalized spacial score (nSPS) is 16.3. The SMILES string of the molecule is COc1cccc(/C=C2\SC(=Nc3ccc(C)c(Cl)c3)N(c3ccc(C)c(Cl)c3)C2=O)c1. The Bertz CT molecular complexity index is 1270. The maximum Gasteiger partial charge on any atom is 0.271 e. The van der Waals surface area contributed by atoms with E-state index in [1.807, 2.05) is 68.5 Å². The highest BCUT2D eigenvalue weighted by Crippen LogP contribution is 2.39. The fraction of sp³-hybridized carbons (Fsp3) is 0.120. The van der Waals surface area contributed by atoms with E-state index in [4.69, 9.17) is 32.9 Å². The van der Waals surface area contributed by atoms with Gasteiger partial charge in [0.2, 0.25) is 0 Å². The minimum Gasteiger partial charge on any atom is -0.497 e. The molecule has 32 heavy (non-hydrogen) atoms. The number of hydrogen-bond donors (Lipinski definition) is 0. The molecule has 0 atom stereocenters. The van der Waals surface area contributed by atoms with Crippen LogP contribution in [0.5, 0.6) is 5.75 Å². The summed E-state index contributed by atoms with van der Waals surface area (Å²) in [6, 6.07) is 18.7. The molecule has 1 amide bonds. The molecular formula is C25H20Cl2N2O2S. The van der Waals surface area contributed by atoms with Gasteiger partial charge in [-0.1, -0.05) is 47.5 Å². The van der Waals surface area contributed by atoms with E-state index in [2.05, 4.69) is 0 Å². The van der Waals surface area contributed by atoms with Crippen LogP contribution in [0, 0.1) is 13.8 Å². The summed E-state index contributed by atoms with van der Waals surface area (Å²) in [5.41, 5.74) is 4.09. The van der Waals surface area contributed by atoms with Crippen molar-refractivity contribution in [1.82, 2.24) is 0 Å². The zero-order chi connectivity index (χ0) is 22.8. The molecule has 0 aliphatic carbocycles. The second-order valence-corrected chi connectivity index (χ2v) is 9.11. The topological polar surface area (TPSA) is 41.9 Å². The van der Waals surface area contributed by atoms with Crippen LogP contribution in [0.25, 0.3) is 6.08 Å². The summed E-state index contributed by atoms with van der Waals surface area (Å²) in [5.74, 6) is 0.551. The molecule has 1 fully saturated rings. The number of amidine groups is 1. The monoisotopic (exact) mass is 482 g/mol. The maximum atomic E-state index is 13.4. The Balaban J connectivity index is 1.80. The van der Waals surface area contributed by atoms with Crippen molar-refractivity contribution in [3.8, 4) is 5.75 Å². The van der Waals surface area contributed by atoms with Crippen LogP contribution in [0.15, 0.2) is 70.6 Å². The van der Waals surface area contributed by atoms with Crippen LogP contribution >= 0.6 is 35.0 Å². The molecule has 0 aromatic heterocycles. The van der Waals surface area contributed by atoms with E-state index in [0.717, 1.165) is 22.4 Å². The van der Waals surface area contributed by atoms with E-state index in [9.17, 15) is 4.79 Å². The number of carbonyl (C=O) groups is 1. The van der Waals surface area contributed by atoms with Crippen molar-refractivity contribution in [2.45, 2.75) is 13.8 Å². The smallest absolute Gasteiger partial charge is 0.271 e. The maximum absolute atomic E-state index is 13.4. The van der Waals surface area contributed by atoms with Crippen molar-refractivity contribution >= 4 is 63.5 Å². The van der Waals surface area contributed by atoms with Gasteiger partial charge in [-0.2, -0.15) is 0 Å². The lowest BCUT2D eigenvalue weighted by Crippen LogP contribution is -2.28. The third-order valence-electron chi connectivity index (χ3n) is 4.99. The number of ether oxygens (including phenoxy) is 1. The largest absolute Gasteiger partial charge is 0.497 e. The molecule has 1 heterocycles. The van der Waals surface area contributed by atoms with E-state index in [-0.39, 0.29) is 5.91 Å². The Hall–Kier alpha value is -2.73. The summed E-state index contributed by atoms with van der Waals surface area (Å²) in [7, 11) is 1.61. The first-order valence-corrected chi connectivity index (χ1v) is 11.4. The number of methoxy groups -OCH3 is 1. The second-order valence-electron chi connectivity index (χ2n) is 7.29. The molecular weight excluding hydrogens is 463 g/mol. The fourth-order valence-electron chi connectivity index (χ4n) is 3.14. The van der Waals surface area contributed by atoms with Gasteiger partial charge in [0, 0.05) is 10.0 Å². The third-order valence-corrected chi connectivity index (χ3v) is 6.77. The van der Waals surface area contributed by atoms with E-state index in [1.54, 1.807) is 24.1 Å². The number of aliphatic imine (C=N–C) groups is 1. The lowest BCUT2D eigenvalue weighted by atomic mass is 10.2. The first-order chi connectivity index (χ1) is 15.4. The summed E-state index contributed by atoms with van der Waals surface area (Å²) in [6.07, 6.45) is 1.84. The average Bonchev–Trinajstić information content (AvgIpc) is 3.07. The summed E-state index contributed by atoms with van der Waals surface area (Å²) in [5, 5.41) is 1.74. The van der Waals surface area contributed by atoms with Crippen molar-refractivity contribution in [3.63, 3.8) is 0 Å². The van der Waals surface area contributed by atoms with Crippen LogP contribution in [0.2, 0.25) is 10.0 Å². The summed E-state index contributed by atoms with van der Waals surface area (Å²) >= 11 is 13.9. The minimum atomic E-state index is -0.172. The van der Waals surface area contributed by atoms with Crippen LogP contribution in [0.3, 0.4) is 0 Å². The van der Waals surface area contributed by atoms with Crippen LogP contribution in [-0.4, -0.2) is 18.2 Å². The van der Waals surface area contributed by atoms with E-state index >= 15 is 0 Å². The lowest BCUT2D eigenvalue weighted by molar-refractivity contribution is -0.113. The molecule has 3 aromatic rings. The van der Waals surface area contributed by atoms with Crippen LogP contribution in [0.1, 0.15) is 16.7 Å². The van der Waals surface area contributed by atoms with Gasteiger partial charge in [0.05, 0.1) is 23.4 Å². The molecule has 0 bridgehead atoms. The Kier molecular flexibility index (Phi) is 6.60. The standard InChI is InChI=1S/C25H20Cl2N2O2S/c1-15-7-9-18(13-21(15)26)28-25-29(19-10-8-16(2)22(27)14-19)24(30)23(32-25)12-17-5-4-6-20(11-17)31-3/h4-14H,1-3H3/b23-12-,28-25?. The Morgan fingerprint density at radius 2 is 1.69 bits per heavy atom. The first kappa shape index (κ1) is 22.5. The highest BCUT2D eigenvalue weighted by atomic mass is 35.5. The molecule has 0 N–H and O–H groups in total. The van der Waals surface area contributed by atoms with Crippen LogP contribution in [0.4, 0.5) is 11.4 Å². The highest BCUT2D eigenvalue weighted by molar-refractivity contribution is 8.19. The quantitative estimate of drug-likeness (QED) is 0.363. The van der Waals surface area contributed by atoms with Crippen molar-refractivity contribution in [2.24, 2.45) is 4.99 Å². The van der Waals surface area contributed by atoms with Gasteiger partial charge in [-0.3, -0.25) is 9.69 Å². The Morgan fingerprint density at radius 1 is 0.969 bits per heavy atom. The number of thioether (sulfide) groups is 1. The number of carbonyl (C=O) groups excluding carboxylic acids is 1. The first-order valence-electron chi connectivity index (χ1n) is 9.85. The van der Waals surface area contributed by atoms with Gasteiger partial charge in [-0.15, -0.1) is 0 Å². The molecule has 0 saturated carbocycles.